The van der Waals surface area contributed by atoms with Gasteiger partial charge in [-0.15, -0.1) is 0 Å². The van der Waals surface area contributed by atoms with Crippen LogP contribution in [0.3, 0.4) is 0 Å². The topological polar surface area (TPSA) is 105 Å². The van der Waals surface area contributed by atoms with Gasteiger partial charge >= 0.3 is 12.1 Å². The Morgan fingerprint density at radius 3 is 2.00 bits per heavy atom. The van der Waals surface area contributed by atoms with Crippen LogP contribution in [0.15, 0.2) is 0 Å². The molecule has 0 aromatic carbocycles. The van der Waals surface area contributed by atoms with E-state index in [4.69, 9.17) is 4.74 Å². The third-order valence-electron chi connectivity index (χ3n) is 3.49. The van der Waals surface area contributed by atoms with Crippen molar-refractivity contribution in [3.63, 3.8) is 0 Å². The van der Waals surface area contributed by atoms with Gasteiger partial charge in [-0.25, -0.2) is 9.59 Å². The van der Waals surface area contributed by atoms with Crippen LogP contribution in [-0.2, 0) is 14.3 Å². The van der Waals surface area contributed by atoms with Crippen LogP contribution < -0.4 is 10.6 Å². The first kappa shape index (κ1) is 22.2. The summed E-state index contributed by atoms with van der Waals surface area (Å²) in [5.41, 5.74) is -0.679. The molecule has 0 aromatic rings. The van der Waals surface area contributed by atoms with Gasteiger partial charge in [-0.3, -0.25) is 4.79 Å². The first-order valence-corrected chi connectivity index (χ1v) is 8.40. The van der Waals surface area contributed by atoms with Gasteiger partial charge in [0.1, 0.15) is 17.7 Å². The maximum atomic E-state index is 12.5. The van der Waals surface area contributed by atoms with Crippen molar-refractivity contribution in [1.82, 2.24) is 10.6 Å². The van der Waals surface area contributed by atoms with Crippen LogP contribution in [0.5, 0.6) is 0 Å². The zero-order valence-electron chi connectivity index (χ0n) is 15.8. The molecule has 0 aliphatic rings. The molecule has 7 heteroatoms. The van der Waals surface area contributed by atoms with Gasteiger partial charge in [-0.2, -0.15) is 0 Å². The monoisotopic (exact) mass is 344 g/mol. The number of amides is 2. The van der Waals surface area contributed by atoms with E-state index in [-0.39, 0.29) is 11.8 Å². The first-order valence-electron chi connectivity index (χ1n) is 8.40. The molecule has 3 atom stereocenters. The van der Waals surface area contributed by atoms with Crippen molar-refractivity contribution in [3.05, 3.63) is 0 Å². The number of rotatable bonds is 8. The van der Waals surface area contributed by atoms with Crippen molar-refractivity contribution < 1.29 is 24.2 Å². The third-order valence-corrected chi connectivity index (χ3v) is 3.49. The standard InChI is InChI=1S/C17H32N2O5/c1-8-11(4)13(19-16(23)24-17(5,6)7)14(20)18-12(15(21)22)9-10(2)3/h10-13H,8-9H2,1-7H3,(H,18,20)(H,19,23)(H,21,22). The molecule has 0 fully saturated rings. The van der Waals surface area contributed by atoms with Gasteiger partial charge in [-0.05, 0) is 39.0 Å². The number of carboxylic acid groups (broad SMARTS) is 1. The van der Waals surface area contributed by atoms with Crippen molar-refractivity contribution in [2.75, 3.05) is 0 Å². The quantitative estimate of drug-likeness (QED) is 0.627. The van der Waals surface area contributed by atoms with E-state index in [1.54, 1.807) is 20.8 Å². The largest absolute Gasteiger partial charge is 0.480 e. The fraction of sp³-hybridized carbons (Fsp3) is 0.824. The second-order valence-electron chi connectivity index (χ2n) is 7.54. The number of carboxylic acids is 1. The molecule has 0 aromatic heterocycles. The zero-order valence-corrected chi connectivity index (χ0v) is 15.8. The molecule has 0 rings (SSSR count). The number of carbonyl (C=O) groups excluding carboxylic acids is 2. The number of hydrogen-bond donors (Lipinski definition) is 3. The Labute approximate surface area is 144 Å². The molecule has 0 saturated heterocycles. The molecule has 0 aliphatic heterocycles. The van der Waals surface area contributed by atoms with Gasteiger partial charge < -0.3 is 20.5 Å². The van der Waals surface area contributed by atoms with E-state index in [9.17, 15) is 19.5 Å². The van der Waals surface area contributed by atoms with Crippen LogP contribution in [0.4, 0.5) is 4.79 Å². The molecule has 0 heterocycles. The Kier molecular flexibility index (Phi) is 8.78. The molecule has 0 saturated carbocycles. The lowest BCUT2D eigenvalue weighted by molar-refractivity contribution is -0.142. The average molecular weight is 344 g/mol. The van der Waals surface area contributed by atoms with Crippen molar-refractivity contribution in [2.24, 2.45) is 11.8 Å². The number of carbonyl (C=O) groups is 3. The van der Waals surface area contributed by atoms with Crippen LogP contribution in [0.25, 0.3) is 0 Å². The lowest BCUT2D eigenvalue weighted by Gasteiger charge is -2.27. The van der Waals surface area contributed by atoms with Gasteiger partial charge in [0.05, 0.1) is 0 Å². The van der Waals surface area contributed by atoms with E-state index >= 15 is 0 Å². The van der Waals surface area contributed by atoms with E-state index in [1.165, 1.54) is 0 Å². The van der Waals surface area contributed by atoms with Crippen LogP contribution in [0, 0.1) is 11.8 Å². The van der Waals surface area contributed by atoms with E-state index in [2.05, 4.69) is 10.6 Å². The van der Waals surface area contributed by atoms with Gasteiger partial charge in [-0.1, -0.05) is 34.1 Å². The fourth-order valence-corrected chi connectivity index (χ4v) is 2.09. The number of alkyl carbamates (subject to hydrolysis) is 1. The second kappa shape index (κ2) is 9.49. The van der Waals surface area contributed by atoms with Gasteiger partial charge in [0.2, 0.25) is 5.91 Å². The van der Waals surface area contributed by atoms with Crippen LogP contribution in [0.1, 0.15) is 61.3 Å². The lowest BCUT2D eigenvalue weighted by Crippen LogP contribution is -2.54. The molecule has 24 heavy (non-hydrogen) atoms. The maximum Gasteiger partial charge on any atom is 0.408 e. The van der Waals surface area contributed by atoms with Crippen molar-refractivity contribution in [1.29, 1.82) is 0 Å². The summed E-state index contributed by atoms with van der Waals surface area (Å²) in [6.07, 6.45) is 0.273. The molecular formula is C17H32N2O5. The summed E-state index contributed by atoms with van der Waals surface area (Å²) < 4.78 is 5.18. The number of ether oxygens (including phenoxy) is 1. The van der Waals surface area contributed by atoms with E-state index in [0.29, 0.717) is 12.8 Å². The summed E-state index contributed by atoms with van der Waals surface area (Å²) >= 11 is 0. The summed E-state index contributed by atoms with van der Waals surface area (Å²) in [7, 11) is 0. The van der Waals surface area contributed by atoms with Gasteiger partial charge in [0, 0.05) is 0 Å². The molecule has 0 aliphatic carbocycles. The van der Waals surface area contributed by atoms with E-state index in [0.717, 1.165) is 0 Å². The van der Waals surface area contributed by atoms with Gasteiger partial charge in [0.15, 0.2) is 0 Å². The van der Waals surface area contributed by atoms with E-state index < -0.39 is 35.7 Å². The Morgan fingerprint density at radius 2 is 1.62 bits per heavy atom. The van der Waals surface area contributed by atoms with Crippen LogP contribution >= 0.6 is 0 Å². The molecule has 140 valence electrons. The van der Waals surface area contributed by atoms with Crippen LogP contribution in [-0.4, -0.2) is 40.8 Å². The fourth-order valence-electron chi connectivity index (χ4n) is 2.09. The highest BCUT2D eigenvalue weighted by Gasteiger charge is 2.31. The van der Waals surface area contributed by atoms with Gasteiger partial charge in [0.25, 0.3) is 0 Å². The highest BCUT2D eigenvalue weighted by molar-refractivity contribution is 5.89. The molecule has 0 bridgehead atoms. The summed E-state index contributed by atoms with van der Waals surface area (Å²) in [5, 5.41) is 14.3. The summed E-state index contributed by atoms with van der Waals surface area (Å²) in [6, 6.07) is -1.83. The third kappa shape index (κ3) is 8.74. The zero-order chi connectivity index (χ0) is 19.1. The van der Waals surface area contributed by atoms with Crippen molar-refractivity contribution >= 4 is 18.0 Å². The Bertz CT molecular complexity index is 443. The summed E-state index contributed by atoms with van der Waals surface area (Å²) in [4.78, 5) is 35.8. The van der Waals surface area contributed by atoms with E-state index in [1.807, 2.05) is 27.7 Å². The minimum atomic E-state index is -1.09. The molecule has 3 N–H and O–H groups in total. The second-order valence-corrected chi connectivity index (χ2v) is 7.54. The van der Waals surface area contributed by atoms with Crippen molar-refractivity contribution in [3.8, 4) is 0 Å². The molecule has 3 unspecified atom stereocenters. The van der Waals surface area contributed by atoms with Crippen molar-refractivity contribution in [2.45, 2.75) is 79.0 Å². The Morgan fingerprint density at radius 1 is 1.08 bits per heavy atom. The average Bonchev–Trinajstić information content (AvgIpc) is 2.40. The number of nitrogens with one attached hydrogen (secondary N) is 2. The Balaban J connectivity index is 5.06. The Hall–Kier alpha value is -1.79. The summed E-state index contributed by atoms with van der Waals surface area (Å²) in [5.74, 6) is -1.64. The molecule has 0 radical (unpaired) electrons. The predicted molar refractivity (Wildman–Crippen MR) is 91.6 cm³/mol. The minimum absolute atomic E-state index is 0.118. The maximum absolute atomic E-state index is 12.5. The molecular weight excluding hydrogens is 312 g/mol. The summed E-state index contributed by atoms with van der Waals surface area (Å²) in [6.45, 7) is 12.7. The lowest BCUT2D eigenvalue weighted by atomic mass is 9.97. The SMILES string of the molecule is CCC(C)C(NC(=O)OC(C)(C)C)C(=O)NC(CC(C)C)C(=O)O. The first-order chi connectivity index (χ1) is 10.9. The molecule has 2 amide bonds. The van der Waals surface area contributed by atoms with Crippen LogP contribution in [0.2, 0.25) is 0 Å². The number of aliphatic carboxylic acids is 1. The molecule has 7 nitrogen and oxygen atoms in total. The normalized spacial score (nSPS) is 15.3. The highest BCUT2D eigenvalue weighted by Crippen LogP contribution is 2.12. The predicted octanol–water partition coefficient (Wildman–Crippen LogP) is 2.54. The smallest absolute Gasteiger partial charge is 0.408 e. The number of hydrogen-bond acceptors (Lipinski definition) is 4. The highest BCUT2D eigenvalue weighted by atomic mass is 16.6. The minimum Gasteiger partial charge on any atom is -0.480 e. The molecule has 0 spiro atoms.